The lowest BCUT2D eigenvalue weighted by Crippen LogP contribution is -2.71. The number of allylic oxidation sites excluding steroid dienone is 8. The number of rotatable bonds is 72. The summed E-state index contributed by atoms with van der Waals surface area (Å²) in [7, 11) is 7.18. The zero-order chi connectivity index (χ0) is 66.5. The minimum Gasteiger partial charge on any atom is -0.457 e. The molecule has 10 heteroatoms. The van der Waals surface area contributed by atoms with Crippen molar-refractivity contribution < 1.29 is 38.1 Å². The van der Waals surface area contributed by atoms with E-state index in [0.29, 0.717) is 25.7 Å². The summed E-state index contributed by atoms with van der Waals surface area (Å²) in [5.74, 6) is -5.66. The molecule has 0 aromatic heterocycles. The van der Waals surface area contributed by atoms with Gasteiger partial charge in [-0.1, -0.05) is 295 Å². The van der Waals surface area contributed by atoms with Crippen LogP contribution in [0.3, 0.4) is 0 Å². The van der Waals surface area contributed by atoms with Crippen molar-refractivity contribution in [3.63, 3.8) is 0 Å². The van der Waals surface area contributed by atoms with Gasteiger partial charge in [-0.3, -0.25) is 19.3 Å². The zero-order valence-electron chi connectivity index (χ0n) is 61.7. The Morgan fingerprint density at radius 2 is 0.549 bits per heavy atom. The Morgan fingerprint density at radius 1 is 0.297 bits per heavy atom. The Morgan fingerprint density at radius 3 is 0.835 bits per heavy atom. The molecule has 10 nitrogen and oxygen atoms in total. The molecule has 0 spiro atoms. The fourth-order valence-electron chi connectivity index (χ4n) is 11.9. The molecule has 0 radical (unpaired) electrons. The number of esters is 3. The summed E-state index contributed by atoms with van der Waals surface area (Å²) in [5, 5.41) is 0. The van der Waals surface area contributed by atoms with Crippen LogP contribution in [0.5, 0.6) is 0 Å². The number of nitrogens with zero attached hydrogens (tertiary/aromatic N) is 2. The first kappa shape index (κ1) is 88.2. The molecule has 0 rings (SSSR count). The number of hydrogen-bond acceptors (Lipinski definition) is 10. The standard InChI is InChI=1S/C81H152N2O8/c1-9-13-17-21-25-29-33-37-41-45-49-53-57-61-65-69-73-88-80(76-87-79(86)75-82(5)6,90-77(84)71-67-63-59-55-51-47-43-39-35-31-27-23-19-15-11-3)81(83(7)8,89-74-70-66-62-58-54-50-46-42-38-34-30-26-22-18-14-10-2)91-78(85)72-68-64-60-56-52-48-44-40-36-32-28-24-20-16-12-4/h37-44H,9-36,45-76H2,1-8H3/b41-37-,42-38-,43-39-,44-40-. The lowest BCUT2D eigenvalue weighted by molar-refractivity contribution is -0.435. The summed E-state index contributed by atoms with van der Waals surface area (Å²) in [6.45, 7) is 8.99. The van der Waals surface area contributed by atoms with Gasteiger partial charge in [-0.05, 0) is 157 Å². The Balaban J connectivity index is 6.42. The van der Waals surface area contributed by atoms with Crippen molar-refractivity contribution in [2.45, 2.75) is 399 Å². The molecule has 0 heterocycles. The maximum absolute atomic E-state index is 14.5. The fraction of sp³-hybridized carbons (Fsp3) is 0.864. The highest BCUT2D eigenvalue weighted by molar-refractivity contribution is 5.72. The molecule has 0 saturated carbocycles. The van der Waals surface area contributed by atoms with Gasteiger partial charge in [0.25, 0.3) is 0 Å². The third-order valence-electron chi connectivity index (χ3n) is 17.7. The van der Waals surface area contributed by atoms with E-state index in [1.165, 1.54) is 205 Å². The Bertz CT molecular complexity index is 1700. The molecule has 0 aromatic rings. The van der Waals surface area contributed by atoms with Crippen LogP contribution in [0.2, 0.25) is 0 Å². The monoisotopic (exact) mass is 1280 g/mol. The molecule has 0 fully saturated rings. The van der Waals surface area contributed by atoms with Gasteiger partial charge < -0.3 is 23.7 Å². The van der Waals surface area contributed by atoms with Gasteiger partial charge in [0.05, 0.1) is 19.8 Å². The van der Waals surface area contributed by atoms with Crippen LogP contribution < -0.4 is 0 Å². The quantitative estimate of drug-likeness (QED) is 0.0192. The highest BCUT2D eigenvalue weighted by Gasteiger charge is 2.64. The van der Waals surface area contributed by atoms with Crippen LogP contribution >= 0.6 is 0 Å². The van der Waals surface area contributed by atoms with E-state index in [1.54, 1.807) is 23.9 Å². The predicted molar refractivity (Wildman–Crippen MR) is 391 cm³/mol. The first-order valence-corrected chi connectivity index (χ1v) is 39.3. The average Bonchev–Trinajstić information content (AvgIpc) is 0.892. The fourth-order valence-corrected chi connectivity index (χ4v) is 11.9. The van der Waals surface area contributed by atoms with E-state index in [4.69, 9.17) is 23.7 Å². The number of hydrogen-bond donors (Lipinski definition) is 0. The molecule has 0 saturated heterocycles. The maximum atomic E-state index is 14.5. The summed E-state index contributed by atoms with van der Waals surface area (Å²) in [4.78, 5) is 46.1. The SMILES string of the molecule is CCCCCCCC/C=C\CCCCCCCCOC(COC(=O)CN(C)C)(OC(=O)CCCCCCC/C=C\CCCCCCCC)C(OCCCCCCCC/C=C\CCCCCCCC)(OC(=O)CCCCCCC/C=C\CCCCCCCC)N(C)C. The predicted octanol–water partition coefficient (Wildman–Crippen LogP) is 24.3. The molecule has 2 atom stereocenters. The highest BCUT2D eigenvalue weighted by atomic mass is 16.8. The van der Waals surface area contributed by atoms with Crippen molar-refractivity contribution in [3.8, 4) is 0 Å². The normalized spacial score (nSPS) is 13.5. The van der Waals surface area contributed by atoms with Crippen LogP contribution in [0.15, 0.2) is 48.6 Å². The molecule has 0 aromatic carbocycles. The van der Waals surface area contributed by atoms with E-state index in [9.17, 15) is 14.4 Å². The van der Waals surface area contributed by atoms with Crippen molar-refractivity contribution in [2.75, 3.05) is 54.6 Å². The van der Waals surface area contributed by atoms with Gasteiger partial charge in [-0.25, -0.2) is 4.90 Å². The lowest BCUT2D eigenvalue weighted by Gasteiger charge is -2.49. The van der Waals surface area contributed by atoms with Crippen LogP contribution in [0.25, 0.3) is 0 Å². The molecule has 534 valence electrons. The minimum absolute atomic E-state index is 0.00836. The molecule has 91 heavy (non-hydrogen) atoms. The molecular formula is C81H152N2O8. The van der Waals surface area contributed by atoms with Gasteiger partial charge in [0.2, 0.25) is 0 Å². The van der Waals surface area contributed by atoms with E-state index < -0.39 is 36.2 Å². The Hall–Kier alpha value is -2.79. The average molecular weight is 1280 g/mol. The third kappa shape index (κ3) is 56.1. The molecule has 0 bridgehead atoms. The number of ether oxygens (including phenoxy) is 5. The van der Waals surface area contributed by atoms with Crippen LogP contribution in [-0.2, 0) is 38.1 Å². The summed E-state index contributed by atoms with van der Waals surface area (Å²) < 4.78 is 33.3. The molecule has 2 unspecified atom stereocenters. The van der Waals surface area contributed by atoms with E-state index in [1.807, 2.05) is 14.1 Å². The number of likely N-dealkylation sites (N-methyl/N-ethyl adjacent to an activating group) is 2. The zero-order valence-corrected chi connectivity index (χ0v) is 61.7. The molecule has 0 N–H and O–H groups in total. The summed E-state index contributed by atoms with van der Waals surface area (Å²) in [6.07, 6.45) is 82.1. The van der Waals surface area contributed by atoms with Crippen molar-refractivity contribution in [3.05, 3.63) is 48.6 Å². The third-order valence-corrected chi connectivity index (χ3v) is 17.7. The van der Waals surface area contributed by atoms with Gasteiger partial charge in [-0.2, -0.15) is 0 Å². The second kappa shape index (κ2) is 68.6. The minimum atomic E-state index is -2.12. The Kier molecular flexibility index (Phi) is 66.5. The second-order valence-corrected chi connectivity index (χ2v) is 27.3. The largest absolute Gasteiger partial charge is 0.457 e. The summed E-state index contributed by atoms with van der Waals surface area (Å²) >= 11 is 0. The van der Waals surface area contributed by atoms with Crippen molar-refractivity contribution >= 4 is 17.9 Å². The first-order chi connectivity index (χ1) is 44.5. The van der Waals surface area contributed by atoms with Crippen molar-refractivity contribution in [1.29, 1.82) is 0 Å². The highest BCUT2D eigenvalue weighted by Crippen LogP contribution is 2.38. The number of unbranched alkanes of at least 4 members (excludes halogenated alkanes) is 46. The van der Waals surface area contributed by atoms with Gasteiger partial charge in [0.1, 0.15) is 0 Å². The molecule has 0 aliphatic carbocycles. The second-order valence-electron chi connectivity index (χ2n) is 27.3. The number of carbonyl (C=O) groups excluding carboxylic acids is 3. The smallest absolute Gasteiger partial charge is 0.347 e. The van der Waals surface area contributed by atoms with E-state index >= 15 is 0 Å². The van der Waals surface area contributed by atoms with E-state index in [-0.39, 0.29) is 32.6 Å². The number of carbonyl (C=O) groups is 3. The summed E-state index contributed by atoms with van der Waals surface area (Å²) in [6, 6.07) is 0. The Labute approximate surface area is 565 Å². The van der Waals surface area contributed by atoms with E-state index in [0.717, 1.165) is 116 Å². The van der Waals surface area contributed by atoms with Gasteiger partial charge >= 0.3 is 29.6 Å². The van der Waals surface area contributed by atoms with Crippen molar-refractivity contribution in [1.82, 2.24) is 9.80 Å². The first-order valence-electron chi connectivity index (χ1n) is 39.3. The molecular weight excluding hydrogens is 1130 g/mol. The van der Waals surface area contributed by atoms with Gasteiger partial charge in [0.15, 0.2) is 6.61 Å². The lowest BCUT2D eigenvalue weighted by atomic mass is 10.1. The molecule has 0 amide bonds. The van der Waals surface area contributed by atoms with Gasteiger partial charge in [0, 0.05) is 12.8 Å². The maximum Gasteiger partial charge on any atom is 0.347 e. The van der Waals surface area contributed by atoms with Gasteiger partial charge in [-0.15, -0.1) is 0 Å². The molecule has 0 aliphatic rings. The topological polar surface area (TPSA) is 104 Å². The van der Waals surface area contributed by atoms with Crippen LogP contribution in [0.1, 0.15) is 387 Å². The molecule has 0 aliphatic heterocycles. The summed E-state index contributed by atoms with van der Waals surface area (Å²) in [5.41, 5.74) is 0. The van der Waals surface area contributed by atoms with E-state index in [2.05, 4.69) is 76.3 Å². The van der Waals surface area contributed by atoms with Crippen LogP contribution in [0, 0.1) is 0 Å². The van der Waals surface area contributed by atoms with Crippen LogP contribution in [-0.4, -0.2) is 94.0 Å². The van der Waals surface area contributed by atoms with Crippen LogP contribution in [0.4, 0.5) is 0 Å². The van der Waals surface area contributed by atoms with Crippen molar-refractivity contribution in [2.24, 2.45) is 0 Å².